The molecule has 0 radical (unpaired) electrons. The fraction of sp³-hybridized carbons (Fsp3) is 0.292. The molecule has 0 saturated carbocycles. The first-order chi connectivity index (χ1) is 14.9. The number of aryl methyl sites for hydroxylation is 2. The monoisotopic (exact) mass is 453 g/mol. The first kappa shape index (κ1) is 23.0. The molecule has 31 heavy (non-hydrogen) atoms. The van der Waals surface area contributed by atoms with E-state index >= 15 is 0 Å². The van der Waals surface area contributed by atoms with Crippen LogP contribution in [0.5, 0.6) is 0 Å². The number of hydrogen-bond donors (Lipinski definition) is 2. The summed E-state index contributed by atoms with van der Waals surface area (Å²) < 4.78 is 0. The fourth-order valence-electron chi connectivity index (χ4n) is 2.99. The molecule has 3 aromatic rings. The summed E-state index contributed by atoms with van der Waals surface area (Å²) >= 11 is 2.93. The molecule has 1 atom stereocenters. The van der Waals surface area contributed by atoms with Crippen molar-refractivity contribution in [1.82, 2.24) is 4.98 Å². The van der Waals surface area contributed by atoms with Crippen LogP contribution in [-0.2, 0) is 9.59 Å². The Morgan fingerprint density at radius 2 is 1.84 bits per heavy atom. The molecule has 162 valence electrons. The number of thioether (sulfide) groups is 1. The highest BCUT2D eigenvalue weighted by atomic mass is 32.2. The summed E-state index contributed by atoms with van der Waals surface area (Å²) in [5, 5.41) is 6.13. The molecule has 7 heteroatoms. The number of amides is 2. The third kappa shape index (κ3) is 6.42. The zero-order valence-electron chi connectivity index (χ0n) is 18.2. The van der Waals surface area contributed by atoms with Gasteiger partial charge in [0.05, 0.1) is 10.9 Å². The van der Waals surface area contributed by atoms with Crippen LogP contribution >= 0.6 is 23.1 Å². The summed E-state index contributed by atoms with van der Waals surface area (Å²) in [6.07, 6.45) is 1.30. The highest BCUT2D eigenvalue weighted by Crippen LogP contribution is 2.32. The van der Waals surface area contributed by atoms with E-state index in [0.29, 0.717) is 11.6 Å². The zero-order chi connectivity index (χ0) is 22.4. The van der Waals surface area contributed by atoms with E-state index in [4.69, 9.17) is 0 Å². The second kappa shape index (κ2) is 10.6. The number of rotatable bonds is 8. The maximum atomic E-state index is 12.7. The minimum absolute atomic E-state index is 0.000961. The standard InChI is InChI=1S/C24H27N3O2S2/c1-5-7-21(28)25-19-8-6-9-20(14-19)30-17(4)23(29)27-24-26-22(16(3)31-24)18-12-10-15(2)11-13-18/h6,8-14,17H,5,7H2,1-4H3,(H,25,28)(H,26,27,29). The van der Waals surface area contributed by atoms with Crippen molar-refractivity contribution in [3.63, 3.8) is 0 Å². The molecule has 3 rings (SSSR count). The molecule has 0 spiro atoms. The van der Waals surface area contributed by atoms with Crippen LogP contribution < -0.4 is 10.6 Å². The maximum Gasteiger partial charge on any atom is 0.239 e. The Balaban J connectivity index is 1.63. The Hall–Kier alpha value is -2.64. The van der Waals surface area contributed by atoms with E-state index in [1.54, 1.807) is 0 Å². The van der Waals surface area contributed by atoms with Crippen molar-refractivity contribution in [1.29, 1.82) is 0 Å². The largest absolute Gasteiger partial charge is 0.326 e. The van der Waals surface area contributed by atoms with Crippen molar-refractivity contribution >= 4 is 45.7 Å². The zero-order valence-corrected chi connectivity index (χ0v) is 19.8. The Morgan fingerprint density at radius 1 is 1.10 bits per heavy atom. The molecule has 0 saturated heterocycles. The molecule has 1 unspecified atom stereocenters. The van der Waals surface area contributed by atoms with E-state index < -0.39 is 0 Å². The van der Waals surface area contributed by atoms with Gasteiger partial charge in [0.2, 0.25) is 11.8 Å². The molecule has 0 aliphatic rings. The molecule has 1 heterocycles. The van der Waals surface area contributed by atoms with Gasteiger partial charge >= 0.3 is 0 Å². The molecule has 2 N–H and O–H groups in total. The van der Waals surface area contributed by atoms with Crippen LogP contribution in [0.3, 0.4) is 0 Å². The summed E-state index contributed by atoms with van der Waals surface area (Å²) in [5.41, 5.74) is 3.89. The lowest BCUT2D eigenvalue weighted by atomic mass is 10.1. The van der Waals surface area contributed by atoms with Gasteiger partial charge in [-0.05, 0) is 45.4 Å². The molecular formula is C24H27N3O2S2. The maximum absolute atomic E-state index is 12.7. The van der Waals surface area contributed by atoms with Crippen molar-refractivity contribution in [2.45, 2.75) is 50.7 Å². The van der Waals surface area contributed by atoms with Gasteiger partial charge in [-0.25, -0.2) is 4.98 Å². The number of nitrogens with zero attached hydrogens (tertiary/aromatic N) is 1. The van der Waals surface area contributed by atoms with E-state index in [-0.39, 0.29) is 17.1 Å². The molecule has 5 nitrogen and oxygen atoms in total. The predicted octanol–water partition coefficient (Wildman–Crippen LogP) is 6.28. The summed E-state index contributed by atoms with van der Waals surface area (Å²) in [7, 11) is 0. The van der Waals surface area contributed by atoms with Gasteiger partial charge in [-0.3, -0.25) is 9.59 Å². The lowest BCUT2D eigenvalue weighted by Gasteiger charge is -2.12. The van der Waals surface area contributed by atoms with Gasteiger partial charge in [-0.15, -0.1) is 23.1 Å². The van der Waals surface area contributed by atoms with E-state index in [1.807, 2.05) is 57.2 Å². The predicted molar refractivity (Wildman–Crippen MR) is 131 cm³/mol. The first-order valence-corrected chi connectivity index (χ1v) is 12.0. The van der Waals surface area contributed by atoms with Crippen LogP contribution in [0.25, 0.3) is 11.3 Å². The summed E-state index contributed by atoms with van der Waals surface area (Å²) in [6.45, 7) is 7.90. The van der Waals surface area contributed by atoms with Gasteiger partial charge < -0.3 is 10.6 Å². The number of benzene rings is 2. The minimum Gasteiger partial charge on any atom is -0.326 e. The average Bonchev–Trinajstić information content (AvgIpc) is 3.09. The fourth-order valence-corrected chi connectivity index (χ4v) is 4.76. The normalized spacial score (nSPS) is 11.7. The Kier molecular flexibility index (Phi) is 7.87. The number of thiazole rings is 1. The third-order valence-corrected chi connectivity index (χ3v) is 6.61. The molecule has 0 aliphatic carbocycles. The van der Waals surface area contributed by atoms with Gasteiger partial charge in [0.1, 0.15) is 0 Å². The van der Waals surface area contributed by atoms with E-state index in [2.05, 4.69) is 34.7 Å². The number of nitrogens with one attached hydrogen (secondary N) is 2. The van der Waals surface area contributed by atoms with Gasteiger partial charge in [0.15, 0.2) is 5.13 Å². The Morgan fingerprint density at radius 3 is 2.55 bits per heavy atom. The first-order valence-electron chi connectivity index (χ1n) is 10.3. The summed E-state index contributed by atoms with van der Waals surface area (Å²) in [6, 6.07) is 15.8. The van der Waals surface area contributed by atoms with Crippen LogP contribution in [0, 0.1) is 13.8 Å². The Labute approximate surface area is 191 Å². The van der Waals surface area contributed by atoms with Crippen LogP contribution in [-0.4, -0.2) is 22.0 Å². The van der Waals surface area contributed by atoms with Crippen LogP contribution in [0.4, 0.5) is 10.8 Å². The molecule has 0 bridgehead atoms. The number of aromatic nitrogens is 1. The van der Waals surface area contributed by atoms with Gasteiger partial charge in [0, 0.05) is 27.4 Å². The number of anilines is 2. The number of hydrogen-bond acceptors (Lipinski definition) is 5. The van der Waals surface area contributed by atoms with E-state index in [1.165, 1.54) is 28.7 Å². The van der Waals surface area contributed by atoms with Crippen LogP contribution in [0.2, 0.25) is 0 Å². The molecule has 2 amide bonds. The summed E-state index contributed by atoms with van der Waals surface area (Å²) in [5.74, 6) is -0.103. The van der Waals surface area contributed by atoms with E-state index in [9.17, 15) is 9.59 Å². The second-order valence-corrected chi connectivity index (χ2v) is 9.98. The molecular weight excluding hydrogens is 426 g/mol. The number of carbonyl (C=O) groups is 2. The molecule has 0 fully saturated rings. The summed E-state index contributed by atoms with van der Waals surface area (Å²) in [4.78, 5) is 31.2. The van der Waals surface area contributed by atoms with Crippen molar-refractivity contribution in [2.24, 2.45) is 0 Å². The minimum atomic E-state index is -0.311. The molecule has 1 aromatic heterocycles. The van der Waals surface area contributed by atoms with Crippen molar-refractivity contribution in [2.75, 3.05) is 10.6 Å². The molecule has 2 aromatic carbocycles. The van der Waals surface area contributed by atoms with Gasteiger partial charge in [-0.2, -0.15) is 0 Å². The van der Waals surface area contributed by atoms with E-state index in [0.717, 1.165) is 33.1 Å². The topological polar surface area (TPSA) is 71.1 Å². The Bertz CT molecular complexity index is 1060. The highest BCUT2D eigenvalue weighted by Gasteiger charge is 2.18. The van der Waals surface area contributed by atoms with Crippen LogP contribution in [0.15, 0.2) is 53.4 Å². The second-order valence-electron chi connectivity index (χ2n) is 7.37. The average molecular weight is 454 g/mol. The van der Waals surface area contributed by atoms with Crippen molar-refractivity contribution in [3.05, 3.63) is 59.0 Å². The van der Waals surface area contributed by atoms with Crippen molar-refractivity contribution in [3.8, 4) is 11.3 Å². The quantitative estimate of drug-likeness (QED) is 0.394. The van der Waals surface area contributed by atoms with Gasteiger partial charge in [0.25, 0.3) is 0 Å². The lowest BCUT2D eigenvalue weighted by molar-refractivity contribution is -0.116. The third-order valence-electron chi connectivity index (χ3n) is 4.63. The van der Waals surface area contributed by atoms with Gasteiger partial charge in [-0.1, -0.05) is 42.8 Å². The smallest absolute Gasteiger partial charge is 0.239 e. The van der Waals surface area contributed by atoms with Crippen LogP contribution in [0.1, 0.15) is 37.1 Å². The SMILES string of the molecule is CCCC(=O)Nc1cccc(SC(C)C(=O)Nc2nc(-c3ccc(C)cc3)c(C)s2)c1. The number of carbonyl (C=O) groups excluding carboxylic acids is 2. The van der Waals surface area contributed by atoms with Crippen molar-refractivity contribution < 1.29 is 9.59 Å². The highest BCUT2D eigenvalue weighted by molar-refractivity contribution is 8.00. The lowest BCUT2D eigenvalue weighted by Crippen LogP contribution is -2.22. The molecule has 0 aliphatic heterocycles.